The number of carbonyl (C=O) groups excluding carboxylic acids is 1. The Kier molecular flexibility index (Phi) is 4.67. The van der Waals surface area contributed by atoms with Crippen LogP contribution in [0, 0.1) is 13.8 Å². The van der Waals surface area contributed by atoms with E-state index in [9.17, 15) is 13.2 Å². The molecular weight excluding hydrogens is 384 g/mol. The standard InChI is InChI=1S/C23H22N2O3S/c1-4-25-21-12-10-17(23(26)24-18-11-9-15(2)16(3)13-18)14-20(21)19-7-5-6-8-22(19)29(25,27)28/h5-14H,4H2,1-3H3,(H,24,26). The van der Waals surface area contributed by atoms with Crippen LogP contribution in [-0.4, -0.2) is 20.9 Å². The van der Waals surface area contributed by atoms with Crippen LogP contribution < -0.4 is 9.62 Å². The van der Waals surface area contributed by atoms with Gasteiger partial charge in [-0.2, -0.15) is 0 Å². The zero-order valence-electron chi connectivity index (χ0n) is 16.6. The molecule has 0 aromatic heterocycles. The van der Waals surface area contributed by atoms with Crippen LogP contribution in [-0.2, 0) is 10.0 Å². The summed E-state index contributed by atoms with van der Waals surface area (Å²) in [6, 6.07) is 17.8. The summed E-state index contributed by atoms with van der Waals surface area (Å²) in [6.07, 6.45) is 0. The maximum atomic E-state index is 13.0. The fourth-order valence-electron chi connectivity index (χ4n) is 3.64. The Labute approximate surface area is 171 Å². The Morgan fingerprint density at radius 3 is 2.41 bits per heavy atom. The van der Waals surface area contributed by atoms with Crippen LogP contribution in [0.3, 0.4) is 0 Å². The van der Waals surface area contributed by atoms with Crippen molar-refractivity contribution in [3.8, 4) is 11.1 Å². The predicted molar refractivity (Wildman–Crippen MR) is 116 cm³/mol. The molecule has 0 spiro atoms. The van der Waals surface area contributed by atoms with E-state index in [-0.39, 0.29) is 10.8 Å². The van der Waals surface area contributed by atoms with Gasteiger partial charge in [-0.1, -0.05) is 24.3 Å². The molecule has 0 saturated heterocycles. The molecule has 0 aliphatic carbocycles. The van der Waals surface area contributed by atoms with Crippen LogP contribution in [0.4, 0.5) is 11.4 Å². The van der Waals surface area contributed by atoms with Gasteiger partial charge in [0.15, 0.2) is 0 Å². The molecule has 0 saturated carbocycles. The van der Waals surface area contributed by atoms with Gasteiger partial charge in [-0.05, 0) is 68.3 Å². The summed E-state index contributed by atoms with van der Waals surface area (Å²) < 4.78 is 27.3. The summed E-state index contributed by atoms with van der Waals surface area (Å²) >= 11 is 0. The monoisotopic (exact) mass is 406 g/mol. The fraction of sp³-hybridized carbons (Fsp3) is 0.174. The molecule has 0 bridgehead atoms. The van der Waals surface area contributed by atoms with E-state index in [2.05, 4.69) is 5.32 Å². The number of amides is 1. The number of sulfonamides is 1. The molecule has 1 amide bonds. The number of aryl methyl sites for hydroxylation is 2. The van der Waals surface area contributed by atoms with Crippen LogP contribution in [0.5, 0.6) is 0 Å². The lowest BCUT2D eigenvalue weighted by atomic mass is 10.00. The van der Waals surface area contributed by atoms with Gasteiger partial charge >= 0.3 is 0 Å². The highest BCUT2D eigenvalue weighted by molar-refractivity contribution is 7.93. The van der Waals surface area contributed by atoms with Crippen molar-refractivity contribution < 1.29 is 13.2 Å². The van der Waals surface area contributed by atoms with Crippen molar-refractivity contribution in [2.45, 2.75) is 25.7 Å². The summed E-state index contributed by atoms with van der Waals surface area (Å²) in [5, 5.41) is 2.93. The van der Waals surface area contributed by atoms with Gasteiger partial charge in [-0.25, -0.2) is 8.42 Å². The molecule has 3 aromatic carbocycles. The molecule has 0 radical (unpaired) electrons. The Balaban J connectivity index is 1.77. The minimum atomic E-state index is -3.60. The topological polar surface area (TPSA) is 66.5 Å². The first kappa shape index (κ1) is 19.2. The van der Waals surface area contributed by atoms with Crippen molar-refractivity contribution >= 4 is 27.3 Å². The Hall–Kier alpha value is -3.12. The second-order valence-corrected chi connectivity index (χ2v) is 8.98. The largest absolute Gasteiger partial charge is 0.322 e. The molecule has 3 aromatic rings. The molecular formula is C23H22N2O3S. The molecule has 148 valence electrons. The predicted octanol–water partition coefficient (Wildman–Crippen LogP) is 4.75. The number of benzene rings is 3. The highest BCUT2D eigenvalue weighted by Gasteiger charge is 2.34. The van der Waals surface area contributed by atoms with Crippen molar-refractivity contribution in [3.63, 3.8) is 0 Å². The minimum Gasteiger partial charge on any atom is -0.322 e. The van der Waals surface area contributed by atoms with E-state index >= 15 is 0 Å². The van der Waals surface area contributed by atoms with Crippen molar-refractivity contribution in [1.29, 1.82) is 0 Å². The second kappa shape index (κ2) is 7.04. The summed E-state index contributed by atoms with van der Waals surface area (Å²) in [5.41, 5.74) is 5.42. The average molecular weight is 407 g/mol. The SMILES string of the molecule is CCN1c2ccc(C(=O)Nc3ccc(C)c(C)c3)cc2-c2ccccc2S1(=O)=O. The number of nitrogens with zero attached hydrogens (tertiary/aromatic N) is 1. The first-order valence-corrected chi connectivity index (χ1v) is 10.9. The number of fused-ring (bicyclic) bond motifs is 3. The quantitative estimate of drug-likeness (QED) is 0.682. The van der Waals surface area contributed by atoms with Crippen LogP contribution >= 0.6 is 0 Å². The molecule has 0 unspecified atom stereocenters. The Bertz CT molecular complexity index is 1230. The van der Waals surface area contributed by atoms with E-state index in [4.69, 9.17) is 0 Å². The lowest BCUT2D eigenvalue weighted by Gasteiger charge is -2.31. The molecule has 6 heteroatoms. The van der Waals surface area contributed by atoms with E-state index in [1.165, 1.54) is 4.31 Å². The normalized spacial score (nSPS) is 14.1. The molecule has 5 nitrogen and oxygen atoms in total. The fourth-order valence-corrected chi connectivity index (χ4v) is 5.34. The Morgan fingerprint density at radius 1 is 0.931 bits per heavy atom. The van der Waals surface area contributed by atoms with Crippen molar-refractivity contribution in [2.24, 2.45) is 0 Å². The van der Waals surface area contributed by atoms with Gasteiger partial charge in [0.25, 0.3) is 15.9 Å². The number of nitrogens with one attached hydrogen (secondary N) is 1. The molecule has 1 N–H and O–H groups in total. The molecule has 4 rings (SSSR count). The number of carbonyl (C=O) groups is 1. The lowest BCUT2D eigenvalue weighted by molar-refractivity contribution is 0.102. The van der Waals surface area contributed by atoms with Crippen LogP contribution in [0.25, 0.3) is 11.1 Å². The van der Waals surface area contributed by atoms with E-state index in [1.54, 1.807) is 43.3 Å². The van der Waals surface area contributed by atoms with Gasteiger partial charge in [-0.3, -0.25) is 9.10 Å². The maximum Gasteiger partial charge on any atom is 0.264 e. The summed E-state index contributed by atoms with van der Waals surface area (Å²) in [5.74, 6) is -0.231. The van der Waals surface area contributed by atoms with Gasteiger partial charge in [0, 0.05) is 28.9 Å². The second-order valence-electron chi connectivity index (χ2n) is 7.15. The number of anilines is 2. The number of rotatable bonds is 3. The first-order valence-electron chi connectivity index (χ1n) is 9.47. The molecule has 1 heterocycles. The maximum absolute atomic E-state index is 13.0. The van der Waals surface area contributed by atoms with Gasteiger partial charge in [0.1, 0.15) is 0 Å². The molecule has 0 fully saturated rings. The first-order chi connectivity index (χ1) is 13.8. The van der Waals surface area contributed by atoms with Gasteiger partial charge < -0.3 is 5.32 Å². The van der Waals surface area contributed by atoms with Gasteiger partial charge in [0.2, 0.25) is 0 Å². The molecule has 29 heavy (non-hydrogen) atoms. The average Bonchev–Trinajstić information content (AvgIpc) is 2.71. The number of hydrogen-bond acceptors (Lipinski definition) is 3. The summed E-state index contributed by atoms with van der Waals surface area (Å²) in [4.78, 5) is 13.1. The van der Waals surface area contributed by atoms with Crippen molar-refractivity contribution in [1.82, 2.24) is 0 Å². The number of hydrogen-bond donors (Lipinski definition) is 1. The van der Waals surface area contributed by atoms with Gasteiger partial charge in [-0.15, -0.1) is 0 Å². The highest BCUT2D eigenvalue weighted by Crippen LogP contribution is 2.43. The Morgan fingerprint density at radius 2 is 1.69 bits per heavy atom. The third-order valence-corrected chi connectivity index (χ3v) is 7.27. The van der Waals surface area contributed by atoms with E-state index in [0.717, 1.165) is 22.4 Å². The summed E-state index contributed by atoms with van der Waals surface area (Å²) in [6.45, 7) is 6.14. The van der Waals surface area contributed by atoms with E-state index in [1.807, 2.05) is 38.1 Å². The van der Waals surface area contributed by atoms with Crippen LogP contribution in [0.1, 0.15) is 28.4 Å². The smallest absolute Gasteiger partial charge is 0.264 e. The van der Waals surface area contributed by atoms with E-state index in [0.29, 0.717) is 23.4 Å². The summed E-state index contributed by atoms with van der Waals surface area (Å²) in [7, 11) is -3.60. The zero-order chi connectivity index (χ0) is 20.8. The molecule has 1 aliphatic heterocycles. The highest BCUT2D eigenvalue weighted by atomic mass is 32.2. The third kappa shape index (κ3) is 3.19. The lowest BCUT2D eigenvalue weighted by Crippen LogP contribution is -2.34. The molecule has 1 aliphatic rings. The van der Waals surface area contributed by atoms with Crippen LogP contribution in [0.2, 0.25) is 0 Å². The van der Waals surface area contributed by atoms with Crippen LogP contribution in [0.15, 0.2) is 65.6 Å². The van der Waals surface area contributed by atoms with Crippen molar-refractivity contribution in [3.05, 3.63) is 77.4 Å². The van der Waals surface area contributed by atoms with Crippen molar-refractivity contribution in [2.75, 3.05) is 16.2 Å². The minimum absolute atomic E-state index is 0.231. The van der Waals surface area contributed by atoms with E-state index < -0.39 is 10.0 Å². The molecule has 0 atom stereocenters. The third-order valence-electron chi connectivity index (χ3n) is 5.32. The van der Waals surface area contributed by atoms with Gasteiger partial charge in [0.05, 0.1) is 10.6 Å². The zero-order valence-corrected chi connectivity index (χ0v) is 17.4.